The maximum atomic E-state index is 11.2. The van der Waals surface area contributed by atoms with Crippen LogP contribution in [0.25, 0.3) is 11.5 Å². The highest BCUT2D eigenvalue weighted by molar-refractivity contribution is 9.10. The summed E-state index contributed by atoms with van der Waals surface area (Å²) in [4.78, 5) is 11.2. The molecule has 0 N–H and O–H groups in total. The van der Waals surface area contributed by atoms with Crippen molar-refractivity contribution in [3.05, 3.63) is 57.9 Å². The second-order valence-corrected chi connectivity index (χ2v) is 6.44. The molecule has 0 bridgehead atoms. The summed E-state index contributed by atoms with van der Waals surface area (Å²) >= 11 is 3.28. The molecule has 1 aromatic heterocycles. The average Bonchev–Trinajstić information content (AvgIpc) is 3.18. The highest BCUT2D eigenvalue weighted by Gasteiger charge is 2.13. The van der Waals surface area contributed by atoms with Gasteiger partial charge in [0.1, 0.15) is 17.1 Å². The van der Waals surface area contributed by atoms with Crippen LogP contribution in [0.1, 0.15) is 21.8 Å². The lowest BCUT2D eigenvalue weighted by Gasteiger charge is -2.06. The van der Waals surface area contributed by atoms with E-state index in [1.807, 2.05) is 0 Å². The Morgan fingerprint density at radius 2 is 1.79 bits per heavy atom. The lowest BCUT2D eigenvalue weighted by Crippen LogP contribution is -2.03. The Balaban J connectivity index is 0.000000212. The second kappa shape index (κ2) is 10.3. The molecule has 0 aliphatic rings. The molecule has 1 heterocycles. The first kappa shape index (κ1) is 22.0. The van der Waals surface area contributed by atoms with Gasteiger partial charge in [-0.05, 0) is 36.4 Å². The predicted octanol–water partition coefficient (Wildman–Crippen LogP) is 4.28. The minimum atomic E-state index is -0.399. The van der Waals surface area contributed by atoms with Gasteiger partial charge < -0.3 is 18.6 Å². The molecule has 0 aliphatic heterocycles. The lowest BCUT2D eigenvalue weighted by atomic mass is 10.1. The van der Waals surface area contributed by atoms with Crippen LogP contribution in [0.15, 0.2) is 45.3 Å². The van der Waals surface area contributed by atoms with Gasteiger partial charge in [-0.2, -0.15) is 0 Å². The molecule has 0 atom stereocenters. The van der Waals surface area contributed by atoms with Gasteiger partial charge in [-0.25, -0.2) is 4.79 Å². The zero-order chi connectivity index (χ0) is 21.4. The number of ether oxygens (including phenoxy) is 3. The van der Waals surface area contributed by atoms with Gasteiger partial charge in [0.15, 0.2) is 0 Å². The molecule has 150 valence electrons. The number of carbonyl (C=O) groups is 1. The highest BCUT2D eigenvalue weighted by atomic mass is 79.9. The Hall–Kier alpha value is -3.31. The van der Waals surface area contributed by atoms with Crippen LogP contribution in [0.2, 0.25) is 0 Å². The number of carbonyl (C=O) groups excluding carboxylic acids is 1. The normalized spacial score (nSPS) is 9.66. The third-order valence-corrected chi connectivity index (χ3v) is 4.19. The summed E-state index contributed by atoms with van der Waals surface area (Å²) in [6, 6.07) is 10.5. The second-order valence-electron chi connectivity index (χ2n) is 5.52. The topological polar surface area (TPSA) is 83.7 Å². The SMILES string of the molecule is C#Cc1ccc(-c2nnc(C)o2)c(OC)c1.COC(=O)c1ccc(Br)cc1OC. The summed E-state index contributed by atoms with van der Waals surface area (Å²) in [5.74, 6) is 4.21. The van der Waals surface area contributed by atoms with Gasteiger partial charge >= 0.3 is 5.97 Å². The van der Waals surface area contributed by atoms with Gasteiger partial charge in [-0.3, -0.25) is 0 Å². The fourth-order valence-corrected chi connectivity index (χ4v) is 2.65. The van der Waals surface area contributed by atoms with Gasteiger partial charge in [-0.1, -0.05) is 21.9 Å². The van der Waals surface area contributed by atoms with Crippen molar-refractivity contribution in [3.63, 3.8) is 0 Å². The van der Waals surface area contributed by atoms with E-state index in [-0.39, 0.29) is 0 Å². The fraction of sp³-hybridized carbons (Fsp3) is 0.190. The Labute approximate surface area is 177 Å². The molecule has 0 unspecified atom stereocenters. The smallest absolute Gasteiger partial charge is 0.341 e. The van der Waals surface area contributed by atoms with Gasteiger partial charge in [0.25, 0.3) is 5.89 Å². The van der Waals surface area contributed by atoms with E-state index < -0.39 is 5.97 Å². The number of aryl methyl sites for hydroxylation is 1. The van der Waals surface area contributed by atoms with E-state index in [2.05, 4.69) is 36.8 Å². The molecule has 3 rings (SSSR count). The zero-order valence-electron chi connectivity index (χ0n) is 16.4. The number of nitrogens with zero attached hydrogens (tertiary/aromatic N) is 2. The van der Waals surface area contributed by atoms with Crippen molar-refractivity contribution in [2.24, 2.45) is 0 Å². The van der Waals surface area contributed by atoms with Crippen LogP contribution in [0.4, 0.5) is 0 Å². The van der Waals surface area contributed by atoms with Gasteiger partial charge in [0.05, 0.1) is 26.9 Å². The average molecular weight is 459 g/mol. The minimum absolute atomic E-state index is 0.399. The van der Waals surface area contributed by atoms with Crippen molar-refractivity contribution in [2.45, 2.75) is 6.92 Å². The van der Waals surface area contributed by atoms with Crippen LogP contribution in [-0.2, 0) is 4.74 Å². The van der Waals surface area contributed by atoms with Crippen LogP contribution in [0.5, 0.6) is 11.5 Å². The molecule has 0 saturated carbocycles. The van der Waals surface area contributed by atoms with E-state index in [1.165, 1.54) is 14.2 Å². The summed E-state index contributed by atoms with van der Waals surface area (Å²) < 4.78 is 21.0. The van der Waals surface area contributed by atoms with Crippen LogP contribution in [0.3, 0.4) is 0 Å². The molecular formula is C21H19BrN2O5. The van der Waals surface area contributed by atoms with Crippen molar-refractivity contribution in [3.8, 4) is 35.3 Å². The molecule has 0 spiro atoms. The van der Waals surface area contributed by atoms with Crippen molar-refractivity contribution in [1.82, 2.24) is 10.2 Å². The van der Waals surface area contributed by atoms with Crippen LogP contribution in [-0.4, -0.2) is 37.5 Å². The number of benzene rings is 2. The van der Waals surface area contributed by atoms with E-state index in [0.29, 0.717) is 28.8 Å². The molecule has 0 aliphatic carbocycles. The number of rotatable bonds is 4. The number of hydrogen-bond donors (Lipinski definition) is 0. The van der Waals surface area contributed by atoms with Crippen LogP contribution in [0, 0.1) is 19.3 Å². The first-order chi connectivity index (χ1) is 13.9. The zero-order valence-corrected chi connectivity index (χ0v) is 17.9. The van der Waals surface area contributed by atoms with Crippen molar-refractivity contribution >= 4 is 21.9 Å². The maximum absolute atomic E-state index is 11.2. The third-order valence-electron chi connectivity index (χ3n) is 3.69. The van der Waals surface area contributed by atoms with Crippen molar-refractivity contribution in [1.29, 1.82) is 0 Å². The first-order valence-corrected chi connectivity index (χ1v) is 9.09. The van der Waals surface area contributed by atoms with E-state index >= 15 is 0 Å². The Morgan fingerprint density at radius 1 is 1.07 bits per heavy atom. The molecule has 3 aromatic rings. The molecule has 0 radical (unpaired) electrons. The van der Waals surface area contributed by atoms with Crippen molar-refractivity contribution < 1.29 is 23.4 Å². The van der Waals surface area contributed by atoms with E-state index in [4.69, 9.17) is 20.3 Å². The van der Waals surface area contributed by atoms with Gasteiger partial charge in [0, 0.05) is 17.0 Å². The lowest BCUT2D eigenvalue weighted by molar-refractivity contribution is 0.0597. The number of halogens is 1. The van der Waals surface area contributed by atoms with E-state index in [9.17, 15) is 4.79 Å². The number of hydrogen-bond acceptors (Lipinski definition) is 7. The van der Waals surface area contributed by atoms with Gasteiger partial charge in [-0.15, -0.1) is 16.6 Å². The Bertz CT molecular complexity index is 1040. The maximum Gasteiger partial charge on any atom is 0.341 e. The van der Waals surface area contributed by atoms with E-state index in [0.717, 1.165) is 15.6 Å². The highest BCUT2D eigenvalue weighted by Crippen LogP contribution is 2.29. The minimum Gasteiger partial charge on any atom is -0.496 e. The molecular weight excluding hydrogens is 440 g/mol. The van der Waals surface area contributed by atoms with E-state index in [1.54, 1.807) is 50.4 Å². The molecule has 7 nitrogen and oxygen atoms in total. The summed E-state index contributed by atoms with van der Waals surface area (Å²) in [6.45, 7) is 1.73. The van der Waals surface area contributed by atoms with Crippen LogP contribution >= 0.6 is 15.9 Å². The Kier molecular flexibility index (Phi) is 7.80. The molecule has 2 aromatic carbocycles. The summed E-state index contributed by atoms with van der Waals surface area (Å²) in [5.41, 5.74) is 1.91. The number of aromatic nitrogens is 2. The monoisotopic (exact) mass is 458 g/mol. The molecule has 0 fully saturated rings. The quantitative estimate of drug-likeness (QED) is 0.426. The van der Waals surface area contributed by atoms with Crippen molar-refractivity contribution in [2.75, 3.05) is 21.3 Å². The standard InChI is InChI=1S/C12H10N2O2.C9H9BrO3/c1-4-9-5-6-10(11(7-9)15-3)12-14-13-8(2)16-12;1-12-8-5-6(10)3-4-7(8)9(11)13-2/h1,5-7H,2-3H3;3-5H,1-2H3. The Morgan fingerprint density at radius 3 is 2.34 bits per heavy atom. The predicted molar refractivity (Wildman–Crippen MR) is 111 cm³/mol. The summed E-state index contributed by atoms with van der Waals surface area (Å²) in [6.07, 6.45) is 5.31. The summed E-state index contributed by atoms with van der Waals surface area (Å²) in [5, 5.41) is 7.70. The number of esters is 1. The van der Waals surface area contributed by atoms with Gasteiger partial charge in [0.2, 0.25) is 5.89 Å². The largest absolute Gasteiger partial charge is 0.496 e. The van der Waals surface area contributed by atoms with Crippen LogP contribution < -0.4 is 9.47 Å². The number of terminal acetylenes is 1. The molecule has 8 heteroatoms. The third kappa shape index (κ3) is 5.59. The summed E-state index contributed by atoms with van der Waals surface area (Å²) in [7, 11) is 4.42. The molecule has 0 saturated heterocycles. The molecule has 0 amide bonds. The fourth-order valence-electron chi connectivity index (χ4n) is 2.31. The molecule has 29 heavy (non-hydrogen) atoms. The number of methoxy groups -OCH3 is 3. The first-order valence-electron chi connectivity index (χ1n) is 8.30.